The number of anilines is 1. The van der Waals surface area contributed by atoms with Gasteiger partial charge in [-0.1, -0.05) is 0 Å². The Morgan fingerprint density at radius 2 is 1.92 bits per heavy atom. The molecule has 3 rings (SSSR count). The smallest absolute Gasteiger partial charge is 0.263 e. The number of likely N-dealkylation sites (tertiary alicyclic amines) is 1. The van der Waals surface area contributed by atoms with Crippen molar-refractivity contribution in [1.29, 1.82) is 0 Å². The van der Waals surface area contributed by atoms with E-state index in [1.165, 1.54) is 24.2 Å². The number of hydrogen-bond acceptors (Lipinski definition) is 5. The van der Waals surface area contributed by atoms with E-state index in [4.69, 9.17) is 0 Å². The molecule has 134 valence electrons. The summed E-state index contributed by atoms with van der Waals surface area (Å²) in [5.74, 6) is -0.00893. The van der Waals surface area contributed by atoms with Crippen LogP contribution >= 0.6 is 11.3 Å². The van der Waals surface area contributed by atoms with E-state index >= 15 is 0 Å². The Labute approximate surface area is 153 Å². The van der Waals surface area contributed by atoms with Crippen molar-refractivity contribution in [3.8, 4) is 10.6 Å². The second-order valence-electron chi connectivity index (χ2n) is 6.68. The molecule has 0 unspecified atom stereocenters. The first-order chi connectivity index (χ1) is 12.0. The van der Waals surface area contributed by atoms with Crippen LogP contribution in [0.2, 0.25) is 0 Å². The molecule has 5 nitrogen and oxygen atoms in total. The molecular formula is C19H26N4OS. The number of aromatic nitrogens is 1. The molecule has 0 aliphatic carbocycles. The first-order valence-electron chi connectivity index (χ1n) is 8.80. The minimum absolute atomic E-state index is 0.00893. The van der Waals surface area contributed by atoms with Crippen LogP contribution in [-0.4, -0.2) is 56.1 Å². The summed E-state index contributed by atoms with van der Waals surface area (Å²) in [6, 6.07) is 8.26. The van der Waals surface area contributed by atoms with Crippen molar-refractivity contribution < 1.29 is 4.79 Å². The third kappa shape index (κ3) is 4.38. The van der Waals surface area contributed by atoms with E-state index in [9.17, 15) is 4.79 Å². The fourth-order valence-electron chi connectivity index (χ4n) is 3.05. The summed E-state index contributed by atoms with van der Waals surface area (Å²) < 4.78 is 0. The molecule has 2 aromatic rings. The Morgan fingerprint density at radius 3 is 2.56 bits per heavy atom. The Kier molecular flexibility index (Phi) is 5.71. The molecule has 0 saturated carbocycles. The topological polar surface area (TPSA) is 48.5 Å². The molecule has 1 aliphatic rings. The van der Waals surface area contributed by atoms with Crippen LogP contribution in [0.5, 0.6) is 0 Å². The van der Waals surface area contributed by atoms with Crippen molar-refractivity contribution in [2.75, 3.05) is 45.2 Å². The maximum Gasteiger partial charge on any atom is 0.263 e. The van der Waals surface area contributed by atoms with Crippen LogP contribution in [0, 0.1) is 6.92 Å². The molecule has 0 spiro atoms. The van der Waals surface area contributed by atoms with Gasteiger partial charge in [-0.15, -0.1) is 11.3 Å². The van der Waals surface area contributed by atoms with E-state index in [0.29, 0.717) is 11.4 Å². The Bertz CT molecular complexity index is 718. The van der Waals surface area contributed by atoms with Crippen molar-refractivity contribution in [3.05, 3.63) is 34.8 Å². The monoisotopic (exact) mass is 358 g/mol. The van der Waals surface area contributed by atoms with Gasteiger partial charge in [0.15, 0.2) is 0 Å². The number of rotatable bonds is 6. The summed E-state index contributed by atoms with van der Waals surface area (Å²) in [7, 11) is 4.04. The van der Waals surface area contributed by atoms with Gasteiger partial charge in [-0.05, 0) is 57.1 Å². The SMILES string of the molecule is Cc1nc(-c2ccc(N(C)C)cc2)sc1C(=O)NCCN1CCCC1. The van der Waals surface area contributed by atoms with Gasteiger partial charge in [-0.3, -0.25) is 4.79 Å². The highest BCUT2D eigenvalue weighted by Gasteiger charge is 2.17. The number of aryl methyl sites for hydroxylation is 1. The first kappa shape index (κ1) is 17.9. The zero-order valence-electron chi connectivity index (χ0n) is 15.2. The Balaban J connectivity index is 1.63. The summed E-state index contributed by atoms with van der Waals surface area (Å²) in [5.41, 5.74) is 3.00. The van der Waals surface area contributed by atoms with Gasteiger partial charge in [-0.2, -0.15) is 0 Å². The normalized spacial score (nSPS) is 14.7. The van der Waals surface area contributed by atoms with E-state index in [0.717, 1.165) is 41.6 Å². The zero-order valence-corrected chi connectivity index (χ0v) is 16.0. The predicted octanol–water partition coefficient (Wildman–Crippen LogP) is 3.01. The summed E-state index contributed by atoms with van der Waals surface area (Å²) in [6.07, 6.45) is 2.55. The number of thiazole rings is 1. The number of amides is 1. The van der Waals surface area contributed by atoms with Crippen molar-refractivity contribution in [2.45, 2.75) is 19.8 Å². The lowest BCUT2D eigenvalue weighted by atomic mass is 10.2. The molecule has 2 heterocycles. The molecule has 1 saturated heterocycles. The van der Waals surface area contributed by atoms with Crippen molar-refractivity contribution in [3.63, 3.8) is 0 Å². The molecule has 0 atom stereocenters. The highest BCUT2D eigenvalue weighted by Crippen LogP contribution is 2.29. The summed E-state index contributed by atoms with van der Waals surface area (Å²) >= 11 is 1.47. The van der Waals surface area contributed by atoms with E-state index in [1.807, 2.05) is 21.0 Å². The van der Waals surface area contributed by atoms with Gasteiger partial charge < -0.3 is 15.1 Å². The maximum absolute atomic E-state index is 12.5. The molecule has 0 radical (unpaired) electrons. The van der Waals surface area contributed by atoms with Gasteiger partial charge >= 0.3 is 0 Å². The van der Waals surface area contributed by atoms with Gasteiger partial charge in [0, 0.05) is 38.4 Å². The van der Waals surface area contributed by atoms with E-state index in [1.54, 1.807) is 0 Å². The van der Waals surface area contributed by atoms with Gasteiger partial charge in [0.05, 0.1) is 5.69 Å². The predicted molar refractivity (Wildman–Crippen MR) is 105 cm³/mol. The van der Waals surface area contributed by atoms with Gasteiger partial charge in [0.25, 0.3) is 5.91 Å². The number of nitrogens with one attached hydrogen (secondary N) is 1. The van der Waals surface area contributed by atoms with Crippen LogP contribution in [0.25, 0.3) is 10.6 Å². The van der Waals surface area contributed by atoms with Crippen LogP contribution in [0.15, 0.2) is 24.3 Å². The number of carbonyl (C=O) groups excluding carboxylic acids is 1. The molecule has 6 heteroatoms. The van der Waals surface area contributed by atoms with Gasteiger partial charge in [0.1, 0.15) is 9.88 Å². The van der Waals surface area contributed by atoms with Crippen molar-refractivity contribution >= 4 is 22.9 Å². The third-order valence-corrected chi connectivity index (χ3v) is 5.75. The van der Waals surface area contributed by atoms with E-state index in [2.05, 4.69) is 44.4 Å². The third-order valence-electron chi connectivity index (χ3n) is 4.55. The fourth-order valence-corrected chi connectivity index (χ4v) is 4.03. The molecule has 1 aliphatic heterocycles. The second-order valence-corrected chi connectivity index (χ2v) is 7.68. The summed E-state index contributed by atoms with van der Waals surface area (Å²) in [5, 5.41) is 3.93. The van der Waals surface area contributed by atoms with E-state index in [-0.39, 0.29) is 5.91 Å². The van der Waals surface area contributed by atoms with Crippen molar-refractivity contribution in [2.24, 2.45) is 0 Å². The van der Waals surface area contributed by atoms with Gasteiger partial charge in [0.2, 0.25) is 0 Å². The maximum atomic E-state index is 12.5. The Hall–Kier alpha value is -1.92. The molecule has 25 heavy (non-hydrogen) atoms. The van der Waals surface area contributed by atoms with Gasteiger partial charge in [-0.25, -0.2) is 4.98 Å². The molecule has 0 bridgehead atoms. The standard InChI is InChI=1S/C19H26N4OS/c1-14-17(18(24)20-10-13-23-11-4-5-12-23)25-19(21-14)15-6-8-16(9-7-15)22(2)3/h6-9H,4-5,10-13H2,1-3H3,(H,20,24). The number of hydrogen-bond donors (Lipinski definition) is 1. The number of carbonyl (C=O) groups is 1. The highest BCUT2D eigenvalue weighted by molar-refractivity contribution is 7.17. The lowest BCUT2D eigenvalue weighted by molar-refractivity contribution is 0.0953. The minimum atomic E-state index is -0.00893. The first-order valence-corrected chi connectivity index (χ1v) is 9.62. The molecule has 1 amide bonds. The molecule has 1 N–H and O–H groups in total. The zero-order chi connectivity index (χ0) is 17.8. The number of benzene rings is 1. The molecule has 1 aromatic carbocycles. The molecule has 1 fully saturated rings. The second kappa shape index (κ2) is 7.97. The quantitative estimate of drug-likeness (QED) is 0.862. The average molecular weight is 359 g/mol. The van der Waals surface area contributed by atoms with E-state index < -0.39 is 0 Å². The highest BCUT2D eigenvalue weighted by atomic mass is 32.1. The lowest BCUT2D eigenvalue weighted by Crippen LogP contribution is -2.33. The fraction of sp³-hybridized carbons (Fsp3) is 0.474. The van der Waals surface area contributed by atoms with Crippen LogP contribution in [0.3, 0.4) is 0 Å². The Morgan fingerprint density at radius 1 is 1.24 bits per heavy atom. The summed E-state index contributed by atoms with van der Waals surface area (Å²) in [6.45, 7) is 5.85. The summed E-state index contributed by atoms with van der Waals surface area (Å²) in [4.78, 5) is 22.2. The van der Waals surface area contributed by atoms with Crippen LogP contribution in [0.1, 0.15) is 28.2 Å². The van der Waals surface area contributed by atoms with Crippen LogP contribution in [-0.2, 0) is 0 Å². The minimum Gasteiger partial charge on any atom is -0.378 e. The van der Waals surface area contributed by atoms with Crippen LogP contribution in [0.4, 0.5) is 5.69 Å². The largest absolute Gasteiger partial charge is 0.378 e. The number of nitrogens with zero attached hydrogens (tertiary/aromatic N) is 3. The lowest BCUT2D eigenvalue weighted by Gasteiger charge is -2.14. The van der Waals surface area contributed by atoms with Crippen molar-refractivity contribution in [1.82, 2.24) is 15.2 Å². The average Bonchev–Trinajstić information content (AvgIpc) is 3.24. The van der Waals surface area contributed by atoms with Crippen LogP contribution < -0.4 is 10.2 Å². The molecule has 1 aromatic heterocycles. The molecular weight excluding hydrogens is 332 g/mol.